The number of nitrogens with zero attached hydrogens (tertiary/aromatic N) is 2. The number of aryl methyl sites for hydroxylation is 1. The number of halogens is 1. The fourth-order valence-electron chi connectivity index (χ4n) is 3.93. The lowest BCUT2D eigenvalue weighted by Gasteiger charge is -2.45. The number of rotatable bonds is 3. The third-order valence-corrected chi connectivity index (χ3v) is 5.79. The Hall–Kier alpha value is -3.13. The molecule has 1 atom stereocenters. The molecule has 1 amide bonds. The van der Waals surface area contributed by atoms with E-state index in [0.717, 1.165) is 17.5 Å². The average molecular weight is 391 g/mol. The number of hydrogen-bond donors (Lipinski definition) is 1. The van der Waals surface area contributed by atoms with Crippen LogP contribution in [-0.2, 0) is 4.79 Å². The predicted octanol–water partition coefficient (Wildman–Crippen LogP) is 5.40. The van der Waals surface area contributed by atoms with Gasteiger partial charge in [-0.25, -0.2) is 4.39 Å². The number of hydrogen-bond acceptors (Lipinski definition) is 3. The largest absolute Gasteiger partial charge is 0.369 e. The van der Waals surface area contributed by atoms with Crippen molar-refractivity contribution in [3.8, 4) is 6.07 Å². The number of carbonyl (C=O) groups excluding carboxylic acids is 1. The quantitative estimate of drug-likeness (QED) is 0.563. The molecule has 2 aromatic rings. The van der Waals surface area contributed by atoms with Crippen molar-refractivity contribution >= 4 is 23.4 Å². The van der Waals surface area contributed by atoms with Crippen LogP contribution in [0.4, 0.5) is 15.8 Å². The third kappa shape index (κ3) is 4.17. The van der Waals surface area contributed by atoms with E-state index in [0.29, 0.717) is 11.6 Å². The molecule has 5 heteroatoms. The molecule has 1 aliphatic rings. The Kier molecular flexibility index (Phi) is 5.48. The van der Waals surface area contributed by atoms with Crippen LogP contribution in [0.1, 0.15) is 49.8 Å². The summed E-state index contributed by atoms with van der Waals surface area (Å²) in [6.07, 6.45) is 2.65. The first-order valence-electron chi connectivity index (χ1n) is 9.69. The van der Waals surface area contributed by atoms with Crippen LogP contribution in [0.2, 0.25) is 0 Å². The average Bonchev–Trinajstić information content (AvgIpc) is 2.66. The molecule has 1 N–H and O–H groups in total. The Bertz CT molecular complexity index is 1020. The summed E-state index contributed by atoms with van der Waals surface area (Å²) < 4.78 is 13.0. The minimum absolute atomic E-state index is 0.00882. The molecule has 1 aliphatic heterocycles. The number of fused-ring (bicyclic) bond motifs is 1. The fraction of sp³-hybridized carbons (Fsp3) is 0.333. The molecule has 0 radical (unpaired) electrons. The van der Waals surface area contributed by atoms with Gasteiger partial charge >= 0.3 is 0 Å². The van der Waals surface area contributed by atoms with Crippen molar-refractivity contribution in [3.63, 3.8) is 0 Å². The minimum atomic E-state index is -0.512. The molecule has 0 fully saturated rings. The number of nitrogens with one attached hydrogen (secondary N) is 1. The van der Waals surface area contributed by atoms with E-state index in [1.54, 1.807) is 6.08 Å². The van der Waals surface area contributed by atoms with E-state index in [-0.39, 0.29) is 16.9 Å². The number of anilines is 2. The van der Waals surface area contributed by atoms with Crippen molar-refractivity contribution < 1.29 is 9.18 Å². The SMILES string of the molecule is Cc1cc2c(cc1/C=C(\C#N)C(=O)Nc1ccc(F)cc1)C(C)CC(C)(C)N2C. The summed E-state index contributed by atoms with van der Waals surface area (Å²) in [5.41, 5.74) is 4.80. The van der Waals surface area contributed by atoms with E-state index in [4.69, 9.17) is 0 Å². The highest BCUT2D eigenvalue weighted by Crippen LogP contribution is 2.43. The van der Waals surface area contributed by atoms with Gasteiger partial charge < -0.3 is 10.2 Å². The Morgan fingerprint density at radius 3 is 2.59 bits per heavy atom. The Morgan fingerprint density at radius 1 is 1.31 bits per heavy atom. The van der Waals surface area contributed by atoms with Crippen LogP contribution in [0.15, 0.2) is 42.0 Å². The fourth-order valence-corrected chi connectivity index (χ4v) is 3.93. The topological polar surface area (TPSA) is 56.1 Å². The number of amides is 1. The van der Waals surface area contributed by atoms with Gasteiger partial charge in [0.2, 0.25) is 0 Å². The van der Waals surface area contributed by atoms with Crippen LogP contribution in [0.5, 0.6) is 0 Å². The lowest BCUT2D eigenvalue weighted by molar-refractivity contribution is -0.112. The third-order valence-electron chi connectivity index (χ3n) is 5.79. The molecule has 2 aromatic carbocycles. The second-order valence-electron chi connectivity index (χ2n) is 8.38. The maximum atomic E-state index is 13.0. The minimum Gasteiger partial charge on any atom is -0.369 e. The molecule has 1 unspecified atom stereocenters. The summed E-state index contributed by atoms with van der Waals surface area (Å²) >= 11 is 0. The molecule has 0 aliphatic carbocycles. The van der Waals surface area contributed by atoms with Gasteiger partial charge in [0.1, 0.15) is 17.5 Å². The maximum Gasteiger partial charge on any atom is 0.266 e. The maximum absolute atomic E-state index is 13.0. The lowest BCUT2D eigenvalue weighted by Crippen LogP contribution is -2.45. The Morgan fingerprint density at radius 2 is 1.97 bits per heavy atom. The molecule has 0 bridgehead atoms. The van der Waals surface area contributed by atoms with Crippen LogP contribution in [-0.4, -0.2) is 18.5 Å². The van der Waals surface area contributed by atoms with E-state index in [9.17, 15) is 14.4 Å². The van der Waals surface area contributed by atoms with Gasteiger partial charge in [-0.1, -0.05) is 6.92 Å². The molecule has 1 heterocycles. The van der Waals surface area contributed by atoms with Crippen LogP contribution in [0.25, 0.3) is 6.08 Å². The standard InChI is InChI=1S/C24H26FN3O/c1-15-10-22-21(16(2)13-24(3,4)28(22)5)12-17(15)11-18(14-26)23(29)27-20-8-6-19(25)7-9-20/h6-12,16H,13H2,1-5H3,(H,27,29)/b18-11+. The zero-order valence-corrected chi connectivity index (χ0v) is 17.5. The molecule has 150 valence electrons. The van der Waals surface area contributed by atoms with Crippen molar-refractivity contribution in [2.24, 2.45) is 0 Å². The van der Waals surface area contributed by atoms with E-state index in [1.165, 1.54) is 35.5 Å². The number of benzene rings is 2. The van der Waals surface area contributed by atoms with Gasteiger partial charge in [-0.3, -0.25) is 4.79 Å². The second kappa shape index (κ2) is 7.71. The van der Waals surface area contributed by atoms with Crippen LogP contribution < -0.4 is 10.2 Å². The predicted molar refractivity (Wildman–Crippen MR) is 115 cm³/mol. The molecule has 0 aromatic heterocycles. The highest BCUT2D eigenvalue weighted by molar-refractivity contribution is 6.09. The monoisotopic (exact) mass is 391 g/mol. The van der Waals surface area contributed by atoms with Gasteiger partial charge in [-0.15, -0.1) is 0 Å². The van der Waals surface area contributed by atoms with E-state index in [2.05, 4.69) is 50.2 Å². The summed E-state index contributed by atoms with van der Waals surface area (Å²) in [6, 6.07) is 11.7. The molecule has 0 saturated heterocycles. The summed E-state index contributed by atoms with van der Waals surface area (Å²) in [6.45, 7) is 8.67. The van der Waals surface area contributed by atoms with Crippen molar-refractivity contribution in [2.75, 3.05) is 17.3 Å². The van der Waals surface area contributed by atoms with Crippen LogP contribution >= 0.6 is 0 Å². The normalized spacial score (nSPS) is 18.0. The van der Waals surface area contributed by atoms with Gasteiger partial charge in [0, 0.05) is 24.0 Å². The molecular weight excluding hydrogens is 365 g/mol. The first kappa shape index (κ1) is 20.6. The van der Waals surface area contributed by atoms with Gasteiger partial charge in [0.05, 0.1) is 0 Å². The first-order valence-corrected chi connectivity index (χ1v) is 9.69. The summed E-state index contributed by atoms with van der Waals surface area (Å²) in [7, 11) is 2.11. The first-order chi connectivity index (χ1) is 13.6. The van der Waals surface area contributed by atoms with Crippen LogP contribution in [0, 0.1) is 24.1 Å². The van der Waals surface area contributed by atoms with Crippen LogP contribution in [0.3, 0.4) is 0 Å². The molecule has 29 heavy (non-hydrogen) atoms. The zero-order chi connectivity index (χ0) is 21.3. The van der Waals surface area contributed by atoms with Gasteiger partial charge in [-0.2, -0.15) is 5.26 Å². The van der Waals surface area contributed by atoms with Crippen molar-refractivity contribution in [1.82, 2.24) is 0 Å². The van der Waals surface area contributed by atoms with Crippen molar-refractivity contribution in [3.05, 3.63) is 64.5 Å². The molecule has 4 nitrogen and oxygen atoms in total. The summed E-state index contributed by atoms with van der Waals surface area (Å²) in [4.78, 5) is 14.8. The highest BCUT2D eigenvalue weighted by atomic mass is 19.1. The highest BCUT2D eigenvalue weighted by Gasteiger charge is 2.34. The second-order valence-corrected chi connectivity index (χ2v) is 8.38. The number of carbonyl (C=O) groups is 1. The van der Waals surface area contributed by atoms with E-state index in [1.807, 2.05) is 13.0 Å². The Balaban J connectivity index is 1.94. The molecule has 0 saturated carbocycles. The molecule has 0 spiro atoms. The van der Waals surface area contributed by atoms with E-state index < -0.39 is 5.91 Å². The smallest absolute Gasteiger partial charge is 0.266 e. The summed E-state index contributed by atoms with van der Waals surface area (Å²) in [5, 5.41) is 12.2. The van der Waals surface area contributed by atoms with E-state index >= 15 is 0 Å². The lowest BCUT2D eigenvalue weighted by atomic mass is 9.79. The zero-order valence-electron chi connectivity index (χ0n) is 17.5. The van der Waals surface area contributed by atoms with Gasteiger partial charge in [0.25, 0.3) is 5.91 Å². The molecular formula is C24H26FN3O. The summed E-state index contributed by atoms with van der Waals surface area (Å²) in [5.74, 6) is -0.518. The molecule has 3 rings (SSSR count). The van der Waals surface area contributed by atoms with Crippen molar-refractivity contribution in [1.29, 1.82) is 5.26 Å². The Labute approximate surface area is 171 Å². The van der Waals surface area contributed by atoms with Gasteiger partial charge in [0.15, 0.2) is 0 Å². The van der Waals surface area contributed by atoms with Gasteiger partial charge in [-0.05, 0) is 92.3 Å². The van der Waals surface area contributed by atoms with Crippen molar-refractivity contribution in [2.45, 2.75) is 45.6 Å². The number of nitriles is 1.